The van der Waals surface area contributed by atoms with Crippen LogP contribution in [0.3, 0.4) is 0 Å². The second-order valence-corrected chi connectivity index (χ2v) is 12.6. The molecule has 2 aliphatic heterocycles. The second kappa shape index (κ2) is 8.69. The van der Waals surface area contributed by atoms with Crippen LogP contribution in [-0.2, 0) is 14.4 Å². The number of nitrogens with one attached hydrogen (secondary N) is 2. The number of H-pyrrole nitrogens is 1. The number of aromatic amines is 1. The third-order valence-electron chi connectivity index (χ3n) is 10.7. The Hall–Kier alpha value is -2.67. The summed E-state index contributed by atoms with van der Waals surface area (Å²) < 4.78 is 0. The maximum absolute atomic E-state index is 13.4. The van der Waals surface area contributed by atoms with Crippen molar-refractivity contribution in [2.45, 2.75) is 51.5 Å². The van der Waals surface area contributed by atoms with Gasteiger partial charge in [0, 0.05) is 43.2 Å². The average Bonchev–Trinajstić information content (AvgIpc) is 3.17. The normalized spacial score (nSPS) is 37.5. The van der Waals surface area contributed by atoms with Gasteiger partial charge in [0.2, 0.25) is 17.7 Å². The number of carbonyl (C=O) groups excluding carboxylic acids is 3. The first kappa shape index (κ1) is 23.4. The SMILES string of the molecule is CC(=O)NC1C(C)C2CC1C1C(=O)N(CC3C[C@@H]3CN3CCC(c4c[nH]c5ccccc45)CC3)C(=O)C21. The lowest BCUT2D eigenvalue weighted by Gasteiger charge is -2.34. The number of rotatable bonds is 6. The summed E-state index contributed by atoms with van der Waals surface area (Å²) in [5.74, 6) is 1.94. The maximum atomic E-state index is 13.4. The molecule has 7 nitrogen and oxygen atoms in total. The number of likely N-dealkylation sites (tertiary alicyclic amines) is 2. The summed E-state index contributed by atoms with van der Waals surface area (Å²) in [6.45, 7) is 7.60. The molecule has 0 radical (unpaired) electrons. The van der Waals surface area contributed by atoms with Gasteiger partial charge in [-0.05, 0) is 85.9 Å². The van der Waals surface area contributed by atoms with Gasteiger partial charge in [0.25, 0.3) is 0 Å². The predicted molar refractivity (Wildman–Crippen MR) is 140 cm³/mol. The van der Waals surface area contributed by atoms with Gasteiger partial charge in [0.05, 0.1) is 11.8 Å². The quantitative estimate of drug-likeness (QED) is 0.593. The van der Waals surface area contributed by atoms with Crippen LogP contribution in [0.25, 0.3) is 10.9 Å². The smallest absolute Gasteiger partial charge is 0.233 e. The van der Waals surface area contributed by atoms with Crippen LogP contribution in [0.5, 0.6) is 0 Å². The molecule has 7 rings (SSSR count). The monoisotopic (exact) mass is 502 g/mol. The number of hydrogen-bond acceptors (Lipinski definition) is 4. The van der Waals surface area contributed by atoms with Crippen molar-refractivity contribution in [2.75, 3.05) is 26.2 Å². The minimum Gasteiger partial charge on any atom is -0.361 e. The van der Waals surface area contributed by atoms with E-state index in [1.165, 1.54) is 29.3 Å². The number of imide groups is 1. The van der Waals surface area contributed by atoms with Crippen LogP contribution in [0.15, 0.2) is 30.5 Å². The van der Waals surface area contributed by atoms with Crippen molar-refractivity contribution < 1.29 is 14.4 Å². The van der Waals surface area contributed by atoms with E-state index in [4.69, 9.17) is 0 Å². The lowest BCUT2D eigenvalue weighted by molar-refractivity contribution is -0.141. The van der Waals surface area contributed by atoms with Gasteiger partial charge in [-0.1, -0.05) is 25.1 Å². The van der Waals surface area contributed by atoms with Crippen LogP contribution in [-0.4, -0.2) is 64.7 Å². The Kier molecular flexibility index (Phi) is 5.50. The zero-order chi connectivity index (χ0) is 25.4. The topological polar surface area (TPSA) is 85.5 Å². The van der Waals surface area contributed by atoms with Gasteiger partial charge in [-0.15, -0.1) is 0 Å². The lowest BCUT2D eigenvalue weighted by atomic mass is 9.73. The molecule has 1 aromatic heterocycles. The van der Waals surface area contributed by atoms with E-state index in [1.807, 2.05) is 0 Å². The summed E-state index contributed by atoms with van der Waals surface area (Å²) in [6, 6.07) is 8.61. The predicted octanol–water partition coefficient (Wildman–Crippen LogP) is 3.38. The average molecular weight is 503 g/mol. The molecule has 7 unspecified atom stereocenters. The number of nitrogens with zero attached hydrogens (tertiary/aromatic N) is 2. The molecular weight excluding hydrogens is 464 g/mol. The third kappa shape index (κ3) is 3.76. The van der Waals surface area contributed by atoms with Crippen molar-refractivity contribution in [1.82, 2.24) is 20.1 Å². The molecule has 2 saturated heterocycles. The molecule has 2 bridgehead atoms. The molecule has 5 aliphatic rings. The Labute approximate surface area is 218 Å². The highest BCUT2D eigenvalue weighted by Crippen LogP contribution is 2.59. The van der Waals surface area contributed by atoms with Crippen molar-refractivity contribution in [3.63, 3.8) is 0 Å². The van der Waals surface area contributed by atoms with Gasteiger partial charge in [0.1, 0.15) is 0 Å². The first-order valence-electron chi connectivity index (χ1n) is 14.3. The van der Waals surface area contributed by atoms with Gasteiger partial charge in [-0.25, -0.2) is 0 Å². The van der Waals surface area contributed by atoms with E-state index in [1.54, 1.807) is 11.8 Å². The molecule has 3 amide bonds. The fraction of sp³-hybridized carbons (Fsp3) is 0.633. The van der Waals surface area contributed by atoms with Gasteiger partial charge >= 0.3 is 0 Å². The Bertz CT molecular complexity index is 1250. The second-order valence-electron chi connectivity index (χ2n) is 12.6. The molecule has 8 atom stereocenters. The Morgan fingerprint density at radius 3 is 2.46 bits per heavy atom. The minimum absolute atomic E-state index is 0.0290. The number of fused-ring (bicyclic) bond motifs is 6. The Morgan fingerprint density at radius 1 is 1.00 bits per heavy atom. The van der Waals surface area contributed by atoms with Crippen molar-refractivity contribution in [3.8, 4) is 0 Å². The van der Waals surface area contributed by atoms with E-state index in [2.05, 4.69) is 52.6 Å². The van der Waals surface area contributed by atoms with E-state index in [-0.39, 0.29) is 53.4 Å². The van der Waals surface area contributed by atoms with Gasteiger partial charge in [-0.3, -0.25) is 19.3 Å². The zero-order valence-corrected chi connectivity index (χ0v) is 21.9. The van der Waals surface area contributed by atoms with E-state index in [0.29, 0.717) is 24.3 Å². The number of piperidine rings is 1. The molecule has 3 aliphatic carbocycles. The Morgan fingerprint density at radius 2 is 1.70 bits per heavy atom. The molecule has 7 heteroatoms. The molecule has 0 spiro atoms. The zero-order valence-electron chi connectivity index (χ0n) is 21.9. The third-order valence-corrected chi connectivity index (χ3v) is 10.7. The van der Waals surface area contributed by atoms with Crippen LogP contribution < -0.4 is 5.32 Å². The lowest BCUT2D eigenvalue weighted by Crippen LogP contribution is -2.48. The first-order valence-corrected chi connectivity index (χ1v) is 14.3. The van der Waals surface area contributed by atoms with E-state index >= 15 is 0 Å². The Balaban J connectivity index is 0.931. The van der Waals surface area contributed by atoms with E-state index < -0.39 is 0 Å². The number of benzene rings is 1. The standard InChI is InChI=1S/C30H38N4O3/c1-16-22-12-23(28(16)32-17(2)35)27-26(22)29(36)34(30(27)37)15-20-11-19(20)14-33-9-7-18(8-10-33)24-13-31-25-6-4-3-5-21(24)25/h3-6,13,16,18-20,22-23,26-28,31H,7-12,14-15H2,1-2H3,(H,32,35)/t16?,19-,20?,22?,23?,26?,27?,28?/m1/s1. The van der Waals surface area contributed by atoms with Crippen molar-refractivity contribution >= 4 is 28.6 Å². The summed E-state index contributed by atoms with van der Waals surface area (Å²) in [7, 11) is 0. The van der Waals surface area contributed by atoms with Crippen LogP contribution in [0.2, 0.25) is 0 Å². The van der Waals surface area contributed by atoms with Crippen molar-refractivity contribution in [3.05, 3.63) is 36.0 Å². The number of amides is 3. The summed E-state index contributed by atoms with van der Waals surface area (Å²) in [5.41, 5.74) is 2.68. The fourth-order valence-electron chi connectivity index (χ4n) is 8.69. The van der Waals surface area contributed by atoms with Crippen LogP contribution in [0, 0.1) is 41.4 Å². The minimum atomic E-state index is -0.216. The van der Waals surface area contributed by atoms with Crippen LogP contribution >= 0.6 is 0 Å². The first-order chi connectivity index (χ1) is 17.9. The highest BCUT2D eigenvalue weighted by molar-refractivity contribution is 6.06. The molecule has 5 fully saturated rings. The number of aromatic nitrogens is 1. The number of hydrogen-bond donors (Lipinski definition) is 2. The van der Waals surface area contributed by atoms with Crippen molar-refractivity contribution in [2.24, 2.45) is 41.4 Å². The molecule has 37 heavy (non-hydrogen) atoms. The molecule has 196 valence electrons. The van der Waals surface area contributed by atoms with Gasteiger partial charge in [0.15, 0.2) is 0 Å². The summed E-state index contributed by atoms with van der Waals surface area (Å²) in [4.78, 5) is 46.1. The van der Waals surface area contributed by atoms with E-state index in [0.717, 1.165) is 32.5 Å². The molecule has 2 aromatic rings. The van der Waals surface area contributed by atoms with E-state index in [9.17, 15) is 14.4 Å². The molecule has 3 saturated carbocycles. The van der Waals surface area contributed by atoms with Crippen molar-refractivity contribution in [1.29, 1.82) is 0 Å². The summed E-state index contributed by atoms with van der Waals surface area (Å²) in [6.07, 6.45) is 6.58. The summed E-state index contributed by atoms with van der Waals surface area (Å²) >= 11 is 0. The van der Waals surface area contributed by atoms with Crippen LogP contribution in [0.4, 0.5) is 0 Å². The highest BCUT2D eigenvalue weighted by atomic mass is 16.2. The maximum Gasteiger partial charge on any atom is 0.233 e. The molecule has 2 N–H and O–H groups in total. The largest absolute Gasteiger partial charge is 0.361 e. The summed E-state index contributed by atoms with van der Waals surface area (Å²) in [5, 5.41) is 4.44. The van der Waals surface area contributed by atoms with Gasteiger partial charge < -0.3 is 15.2 Å². The molecule has 1 aromatic carbocycles. The highest BCUT2D eigenvalue weighted by Gasteiger charge is 2.66. The fourth-order valence-corrected chi connectivity index (χ4v) is 8.69. The van der Waals surface area contributed by atoms with Gasteiger partial charge in [-0.2, -0.15) is 0 Å². The number of carbonyl (C=O) groups is 3. The molecular formula is C30H38N4O3. The molecule has 3 heterocycles. The number of para-hydroxylation sites is 1. The van der Waals surface area contributed by atoms with Crippen LogP contribution in [0.1, 0.15) is 51.0 Å².